The fourth-order valence-corrected chi connectivity index (χ4v) is 3.47. The molecule has 0 aliphatic carbocycles. The van der Waals surface area contributed by atoms with Gasteiger partial charge in [-0.1, -0.05) is 31.2 Å². The van der Waals surface area contributed by atoms with Gasteiger partial charge in [-0.2, -0.15) is 10.2 Å². The Morgan fingerprint density at radius 2 is 1.70 bits per heavy atom. The highest BCUT2D eigenvalue weighted by molar-refractivity contribution is 5.94. The van der Waals surface area contributed by atoms with E-state index in [1.165, 1.54) is 10.8 Å². The topological polar surface area (TPSA) is 45.2 Å². The number of pyridine rings is 1. The highest BCUT2D eigenvalue weighted by Gasteiger charge is 2.19. The Morgan fingerprint density at radius 1 is 0.926 bits per heavy atom. The highest BCUT2D eigenvalue weighted by atomic mass is 15.3. The summed E-state index contributed by atoms with van der Waals surface area (Å²) in [6, 6.07) is 14.6. The largest absolute Gasteiger partial charge is 0.354 e. The molecule has 0 N–H and O–H groups in total. The van der Waals surface area contributed by atoms with E-state index in [-0.39, 0.29) is 0 Å². The van der Waals surface area contributed by atoms with E-state index in [1.54, 1.807) is 0 Å². The van der Waals surface area contributed by atoms with Crippen LogP contribution in [0.3, 0.4) is 0 Å². The molecule has 0 saturated carbocycles. The minimum Gasteiger partial charge on any atom is -0.354 e. The van der Waals surface area contributed by atoms with E-state index in [2.05, 4.69) is 57.3 Å². The van der Waals surface area contributed by atoms with Crippen LogP contribution in [0.25, 0.3) is 22.9 Å². The van der Waals surface area contributed by atoms with Gasteiger partial charge in [0.25, 0.3) is 0 Å². The predicted molar refractivity (Wildman–Crippen MR) is 112 cm³/mol. The molecule has 4 rings (SSSR count). The van der Waals surface area contributed by atoms with Gasteiger partial charge in [-0.15, -0.1) is 0 Å². The third kappa shape index (κ3) is 3.98. The third-order valence-electron chi connectivity index (χ3n) is 5.10. The first-order valence-corrected chi connectivity index (χ1v) is 9.58. The molecule has 5 nitrogen and oxygen atoms in total. The molecule has 0 atom stereocenters. The molecule has 27 heavy (non-hydrogen) atoms. The molecule has 3 aromatic rings. The lowest BCUT2D eigenvalue weighted by molar-refractivity contribution is 0.271. The Hall–Kier alpha value is -2.79. The number of aryl methyl sites for hydroxylation is 1. The maximum absolute atomic E-state index is 4.98. The summed E-state index contributed by atoms with van der Waals surface area (Å²) < 4.78 is 0. The maximum Gasteiger partial charge on any atom is 0.137 e. The molecule has 0 radical (unpaired) electrons. The van der Waals surface area contributed by atoms with Gasteiger partial charge in [0, 0.05) is 31.6 Å². The van der Waals surface area contributed by atoms with Crippen molar-refractivity contribution in [1.82, 2.24) is 20.1 Å². The maximum atomic E-state index is 4.98. The summed E-state index contributed by atoms with van der Waals surface area (Å²) in [5.74, 6) is 1.08. The molecular weight excluding hydrogens is 334 g/mol. The van der Waals surface area contributed by atoms with Crippen LogP contribution in [0, 0.1) is 6.92 Å². The summed E-state index contributed by atoms with van der Waals surface area (Å²) >= 11 is 0. The minimum absolute atomic E-state index is 0.841. The lowest BCUT2D eigenvalue weighted by atomic mass is 10.1. The Labute approximate surface area is 160 Å². The molecule has 2 aromatic heterocycles. The molecular formula is C22H25N5. The summed E-state index contributed by atoms with van der Waals surface area (Å²) in [6.07, 6.45) is 4.00. The second kappa shape index (κ2) is 7.84. The monoisotopic (exact) mass is 359 g/mol. The molecule has 138 valence electrons. The molecule has 0 bridgehead atoms. The zero-order valence-corrected chi connectivity index (χ0v) is 16.0. The third-order valence-corrected chi connectivity index (χ3v) is 5.10. The smallest absolute Gasteiger partial charge is 0.137 e. The average molecular weight is 359 g/mol. The first-order chi connectivity index (χ1) is 13.2. The van der Waals surface area contributed by atoms with Gasteiger partial charge in [0.1, 0.15) is 5.82 Å². The Morgan fingerprint density at radius 3 is 2.44 bits per heavy atom. The average Bonchev–Trinajstić information content (AvgIpc) is 2.73. The predicted octanol–water partition coefficient (Wildman–Crippen LogP) is 3.65. The molecule has 3 heterocycles. The fourth-order valence-electron chi connectivity index (χ4n) is 3.47. The zero-order chi connectivity index (χ0) is 18.6. The lowest BCUT2D eigenvalue weighted by Crippen LogP contribution is -2.46. The molecule has 0 amide bonds. The van der Waals surface area contributed by atoms with Crippen molar-refractivity contribution in [3.63, 3.8) is 0 Å². The molecule has 0 unspecified atom stereocenters. The van der Waals surface area contributed by atoms with Crippen molar-refractivity contribution in [2.24, 2.45) is 0 Å². The van der Waals surface area contributed by atoms with E-state index in [0.717, 1.165) is 55.6 Å². The van der Waals surface area contributed by atoms with Crippen molar-refractivity contribution in [2.45, 2.75) is 13.8 Å². The second-order valence-corrected chi connectivity index (χ2v) is 6.95. The van der Waals surface area contributed by atoms with Crippen LogP contribution in [0.2, 0.25) is 0 Å². The van der Waals surface area contributed by atoms with Crippen LogP contribution in [0.1, 0.15) is 24.0 Å². The fraction of sp³-hybridized carbons (Fsp3) is 0.318. The van der Waals surface area contributed by atoms with Crippen LogP contribution < -0.4 is 4.90 Å². The van der Waals surface area contributed by atoms with Crippen LogP contribution in [0.5, 0.6) is 0 Å². The van der Waals surface area contributed by atoms with E-state index in [9.17, 15) is 0 Å². The number of aromatic nitrogens is 3. The summed E-state index contributed by atoms with van der Waals surface area (Å²) in [5, 5.41) is 10.8. The first-order valence-electron chi connectivity index (χ1n) is 9.58. The number of fused-ring (bicyclic) bond motifs is 1. The van der Waals surface area contributed by atoms with Crippen molar-refractivity contribution in [1.29, 1.82) is 0 Å². The molecule has 1 aromatic carbocycles. The van der Waals surface area contributed by atoms with Gasteiger partial charge in [0.15, 0.2) is 0 Å². The number of benzene rings is 1. The molecule has 5 heteroatoms. The van der Waals surface area contributed by atoms with Gasteiger partial charge in [-0.05, 0) is 49.2 Å². The van der Waals surface area contributed by atoms with E-state index >= 15 is 0 Å². The van der Waals surface area contributed by atoms with E-state index in [0.29, 0.717) is 0 Å². The second-order valence-electron chi connectivity index (χ2n) is 6.95. The van der Waals surface area contributed by atoms with Crippen LogP contribution in [0.15, 0.2) is 42.5 Å². The van der Waals surface area contributed by atoms with Gasteiger partial charge in [0.2, 0.25) is 0 Å². The summed E-state index contributed by atoms with van der Waals surface area (Å²) in [7, 11) is 0. The van der Waals surface area contributed by atoms with Gasteiger partial charge in [0.05, 0.1) is 17.1 Å². The van der Waals surface area contributed by atoms with Crippen LogP contribution >= 0.6 is 0 Å². The van der Waals surface area contributed by atoms with E-state index in [1.807, 2.05) is 31.2 Å². The number of piperazine rings is 1. The Balaban J connectivity index is 1.67. The molecule has 1 saturated heterocycles. The molecule has 1 fully saturated rings. The first kappa shape index (κ1) is 17.6. The van der Waals surface area contributed by atoms with E-state index < -0.39 is 0 Å². The summed E-state index contributed by atoms with van der Waals surface area (Å²) in [6.45, 7) is 9.49. The Kier molecular flexibility index (Phi) is 5.12. The van der Waals surface area contributed by atoms with E-state index in [4.69, 9.17) is 4.98 Å². The zero-order valence-electron chi connectivity index (χ0n) is 16.0. The van der Waals surface area contributed by atoms with Crippen molar-refractivity contribution in [3.8, 4) is 0 Å². The SMILES string of the molecule is CCN1CCN(c2nc(/C=C/c3ccc(C)nn3)cc3ccccc23)CC1. The normalized spacial score (nSPS) is 15.7. The highest BCUT2D eigenvalue weighted by Crippen LogP contribution is 2.27. The number of likely N-dealkylation sites (N-methyl/N-ethyl adjacent to an activating group) is 1. The number of rotatable bonds is 4. The van der Waals surface area contributed by atoms with Gasteiger partial charge in [-0.3, -0.25) is 0 Å². The molecule has 0 spiro atoms. The number of hydrogen-bond acceptors (Lipinski definition) is 5. The number of hydrogen-bond donors (Lipinski definition) is 0. The van der Waals surface area contributed by atoms with Crippen LogP contribution in [-0.4, -0.2) is 52.8 Å². The van der Waals surface area contributed by atoms with Gasteiger partial charge < -0.3 is 9.80 Å². The van der Waals surface area contributed by atoms with Gasteiger partial charge in [-0.25, -0.2) is 4.98 Å². The lowest BCUT2D eigenvalue weighted by Gasteiger charge is -2.35. The quantitative estimate of drug-likeness (QED) is 0.711. The minimum atomic E-state index is 0.841. The van der Waals surface area contributed by atoms with Crippen LogP contribution in [0.4, 0.5) is 5.82 Å². The number of nitrogens with zero attached hydrogens (tertiary/aromatic N) is 5. The standard InChI is InChI=1S/C22H25N5/c1-3-26-12-14-27(15-13-26)22-21-7-5-4-6-18(21)16-20(23-22)11-10-19-9-8-17(2)24-25-19/h4-11,16H,3,12-15H2,1-2H3/b11-10+. The summed E-state index contributed by atoms with van der Waals surface area (Å²) in [5.41, 5.74) is 2.71. The molecule has 1 aliphatic heterocycles. The number of anilines is 1. The molecule has 1 aliphatic rings. The van der Waals surface area contributed by atoms with Crippen molar-refractivity contribution in [3.05, 3.63) is 59.5 Å². The summed E-state index contributed by atoms with van der Waals surface area (Å²) in [4.78, 5) is 9.88. The van der Waals surface area contributed by atoms with Gasteiger partial charge >= 0.3 is 0 Å². The van der Waals surface area contributed by atoms with Crippen molar-refractivity contribution in [2.75, 3.05) is 37.6 Å². The van der Waals surface area contributed by atoms with Crippen molar-refractivity contribution < 1.29 is 0 Å². The Bertz CT molecular complexity index is 941. The van der Waals surface area contributed by atoms with Crippen LogP contribution in [-0.2, 0) is 0 Å². The van der Waals surface area contributed by atoms with Crippen molar-refractivity contribution >= 4 is 28.7 Å².